The molecule has 0 saturated heterocycles. The highest BCUT2D eigenvalue weighted by molar-refractivity contribution is 5.94. The lowest BCUT2D eigenvalue weighted by molar-refractivity contribution is -0.123. The molecule has 6 nitrogen and oxygen atoms in total. The van der Waals surface area contributed by atoms with Gasteiger partial charge < -0.3 is 20.1 Å². The summed E-state index contributed by atoms with van der Waals surface area (Å²) >= 11 is 0. The van der Waals surface area contributed by atoms with Gasteiger partial charge in [0.1, 0.15) is 0 Å². The summed E-state index contributed by atoms with van der Waals surface area (Å²) in [6.07, 6.45) is 0.150. The maximum Gasteiger partial charge on any atom is 0.243 e. The van der Waals surface area contributed by atoms with Crippen molar-refractivity contribution in [1.82, 2.24) is 5.32 Å². The maximum absolute atomic E-state index is 12.1. The number of hydrogen-bond donors (Lipinski definition) is 2. The van der Waals surface area contributed by atoms with E-state index in [2.05, 4.69) is 24.5 Å². The van der Waals surface area contributed by atoms with Crippen LogP contribution < -0.4 is 20.1 Å². The van der Waals surface area contributed by atoms with Crippen molar-refractivity contribution in [2.45, 2.75) is 26.2 Å². The Bertz CT molecular complexity index is 785. The van der Waals surface area contributed by atoms with Gasteiger partial charge in [-0.05, 0) is 41.3 Å². The van der Waals surface area contributed by atoms with Crippen molar-refractivity contribution in [1.29, 1.82) is 0 Å². The second-order valence-electron chi connectivity index (χ2n) is 6.47. The molecule has 0 bridgehead atoms. The van der Waals surface area contributed by atoms with E-state index in [9.17, 15) is 9.59 Å². The quantitative estimate of drug-likeness (QED) is 0.748. The van der Waals surface area contributed by atoms with Crippen LogP contribution in [0.25, 0.3) is 0 Å². The van der Waals surface area contributed by atoms with Crippen molar-refractivity contribution in [3.8, 4) is 11.5 Å². The van der Waals surface area contributed by atoms with Crippen LogP contribution in [-0.4, -0.2) is 32.6 Å². The van der Waals surface area contributed by atoms with Crippen LogP contribution in [0, 0.1) is 0 Å². The van der Waals surface area contributed by atoms with Crippen LogP contribution in [0.4, 0.5) is 5.69 Å². The van der Waals surface area contributed by atoms with E-state index < -0.39 is 0 Å². The van der Waals surface area contributed by atoms with Gasteiger partial charge in [0.05, 0.1) is 27.2 Å². The number of methoxy groups -OCH3 is 2. The average molecular weight is 370 g/mol. The highest BCUT2D eigenvalue weighted by atomic mass is 16.5. The first kappa shape index (κ1) is 20.3. The van der Waals surface area contributed by atoms with Gasteiger partial charge in [0, 0.05) is 5.69 Å². The maximum atomic E-state index is 12.1. The van der Waals surface area contributed by atoms with Crippen molar-refractivity contribution >= 4 is 17.5 Å². The summed E-state index contributed by atoms with van der Waals surface area (Å²) in [7, 11) is 3.10. The van der Waals surface area contributed by atoms with Crippen molar-refractivity contribution in [2.75, 3.05) is 26.1 Å². The Morgan fingerprint density at radius 3 is 2.19 bits per heavy atom. The predicted octanol–water partition coefficient (Wildman–Crippen LogP) is 3.12. The molecule has 0 radical (unpaired) electrons. The van der Waals surface area contributed by atoms with Gasteiger partial charge in [-0.25, -0.2) is 0 Å². The van der Waals surface area contributed by atoms with Gasteiger partial charge in [-0.1, -0.05) is 32.0 Å². The number of amides is 2. The van der Waals surface area contributed by atoms with E-state index in [4.69, 9.17) is 9.47 Å². The SMILES string of the molecule is COc1ccc(CC(=O)NCC(=O)Nc2ccc(C(C)C)cc2)cc1OC. The minimum absolute atomic E-state index is 0.0853. The molecule has 2 rings (SSSR count). The number of benzene rings is 2. The molecule has 6 heteroatoms. The lowest BCUT2D eigenvalue weighted by Gasteiger charge is -2.10. The molecule has 0 spiro atoms. The predicted molar refractivity (Wildman–Crippen MR) is 105 cm³/mol. The van der Waals surface area contributed by atoms with E-state index in [1.165, 1.54) is 5.56 Å². The fourth-order valence-electron chi connectivity index (χ4n) is 2.57. The molecule has 0 aliphatic rings. The highest BCUT2D eigenvalue weighted by Crippen LogP contribution is 2.27. The Balaban J connectivity index is 1.83. The summed E-state index contributed by atoms with van der Waals surface area (Å²) in [5, 5.41) is 5.39. The molecule has 2 aromatic rings. The Hall–Kier alpha value is -3.02. The van der Waals surface area contributed by atoms with Crippen LogP contribution in [0.2, 0.25) is 0 Å². The molecule has 0 saturated carbocycles. The molecular weight excluding hydrogens is 344 g/mol. The number of rotatable bonds is 8. The van der Waals surface area contributed by atoms with E-state index in [0.717, 1.165) is 5.56 Å². The molecule has 0 unspecified atom stereocenters. The largest absolute Gasteiger partial charge is 0.493 e. The average Bonchev–Trinajstić information content (AvgIpc) is 2.66. The van der Waals surface area contributed by atoms with E-state index in [1.54, 1.807) is 32.4 Å². The van der Waals surface area contributed by atoms with Crippen molar-refractivity contribution in [2.24, 2.45) is 0 Å². The van der Waals surface area contributed by atoms with Gasteiger partial charge in [-0.3, -0.25) is 9.59 Å². The van der Waals surface area contributed by atoms with Crippen LogP contribution >= 0.6 is 0 Å². The first-order chi connectivity index (χ1) is 12.9. The molecule has 2 amide bonds. The molecule has 0 aliphatic carbocycles. The number of carbonyl (C=O) groups is 2. The van der Waals surface area contributed by atoms with E-state index in [0.29, 0.717) is 23.1 Å². The molecule has 0 heterocycles. The number of carbonyl (C=O) groups excluding carboxylic acids is 2. The van der Waals surface area contributed by atoms with Crippen LogP contribution in [-0.2, 0) is 16.0 Å². The fraction of sp³-hybridized carbons (Fsp3) is 0.333. The van der Waals surface area contributed by atoms with Crippen LogP contribution in [0.3, 0.4) is 0 Å². The first-order valence-corrected chi connectivity index (χ1v) is 8.80. The summed E-state index contributed by atoms with van der Waals surface area (Å²) in [5.74, 6) is 1.08. The number of anilines is 1. The minimum atomic E-state index is -0.270. The van der Waals surface area contributed by atoms with Crippen LogP contribution in [0.5, 0.6) is 11.5 Å². The lowest BCUT2D eigenvalue weighted by Crippen LogP contribution is -2.33. The molecule has 0 aromatic heterocycles. The second kappa shape index (κ2) is 9.62. The zero-order valence-corrected chi connectivity index (χ0v) is 16.2. The second-order valence-corrected chi connectivity index (χ2v) is 6.47. The Morgan fingerprint density at radius 1 is 0.926 bits per heavy atom. The fourth-order valence-corrected chi connectivity index (χ4v) is 2.57. The number of ether oxygens (including phenoxy) is 2. The minimum Gasteiger partial charge on any atom is -0.493 e. The molecule has 144 valence electrons. The van der Waals surface area contributed by atoms with Gasteiger partial charge in [0.25, 0.3) is 0 Å². The zero-order valence-electron chi connectivity index (χ0n) is 16.2. The summed E-state index contributed by atoms with van der Waals surface area (Å²) in [5.41, 5.74) is 2.68. The summed E-state index contributed by atoms with van der Waals surface area (Å²) in [6, 6.07) is 13.0. The molecule has 0 fully saturated rings. The van der Waals surface area contributed by atoms with E-state index in [-0.39, 0.29) is 24.8 Å². The molecule has 2 aromatic carbocycles. The smallest absolute Gasteiger partial charge is 0.243 e. The molecule has 0 atom stereocenters. The lowest BCUT2D eigenvalue weighted by atomic mass is 10.0. The third kappa shape index (κ3) is 6.02. The molecule has 2 N–H and O–H groups in total. The normalized spacial score (nSPS) is 10.4. The van der Waals surface area contributed by atoms with Gasteiger partial charge >= 0.3 is 0 Å². The first-order valence-electron chi connectivity index (χ1n) is 8.80. The van der Waals surface area contributed by atoms with Crippen molar-refractivity contribution in [3.05, 3.63) is 53.6 Å². The monoisotopic (exact) mass is 370 g/mol. The summed E-state index contributed by atoms with van der Waals surface area (Å²) < 4.78 is 10.4. The van der Waals surface area contributed by atoms with Gasteiger partial charge in [-0.15, -0.1) is 0 Å². The van der Waals surface area contributed by atoms with Gasteiger partial charge in [0.2, 0.25) is 11.8 Å². The molecular formula is C21H26N2O4. The third-order valence-corrected chi connectivity index (χ3v) is 4.12. The van der Waals surface area contributed by atoms with Crippen LogP contribution in [0.15, 0.2) is 42.5 Å². The molecule has 0 aliphatic heterocycles. The van der Waals surface area contributed by atoms with Gasteiger partial charge in [0.15, 0.2) is 11.5 Å². The number of hydrogen-bond acceptors (Lipinski definition) is 4. The Kier molecular flexibility index (Phi) is 7.23. The van der Waals surface area contributed by atoms with E-state index >= 15 is 0 Å². The summed E-state index contributed by atoms with van der Waals surface area (Å²) in [6.45, 7) is 4.14. The van der Waals surface area contributed by atoms with Crippen molar-refractivity contribution < 1.29 is 19.1 Å². The number of nitrogens with one attached hydrogen (secondary N) is 2. The van der Waals surface area contributed by atoms with Crippen LogP contribution in [0.1, 0.15) is 30.9 Å². The molecule has 27 heavy (non-hydrogen) atoms. The standard InChI is InChI=1S/C21H26N2O4/c1-14(2)16-6-8-17(9-7-16)23-21(25)13-22-20(24)12-15-5-10-18(26-3)19(11-15)27-4/h5-11,14H,12-13H2,1-4H3,(H,22,24)(H,23,25). The Labute approximate surface area is 159 Å². The zero-order chi connectivity index (χ0) is 19.8. The Morgan fingerprint density at radius 2 is 1.59 bits per heavy atom. The van der Waals surface area contributed by atoms with Gasteiger partial charge in [-0.2, -0.15) is 0 Å². The third-order valence-electron chi connectivity index (χ3n) is 4.12. The van der Waals surface area contributed by atoms with E-state index in [1.807, 2.05) is 24.3 Å². The van der Waals surface area contributed by atoms with Crippen molar-refractivity contribution in [3.63, 3.8) is 0 Å². The topological polar surface area (TPSA) is 76.7 Å². The summed E-state index contributed by atoms with van der Waals surface area (Å²) in [4.78, 5) is 24.1. The highest BCUT2D eigenvalue weighted by Gasteiger charge is 2.10.